The Balaban J connectivity index is 2.96. The highest BCUT2D eigenvalue weighted by Crippen LogP contribution is 2.25. The third-order valence-electron chi connectivity index (χ3n) is 3.01. The molecular formula is C12H21BrN2O. The third-order valence-corrected chi connectivity index (χ3v) is 3.93. The summed E-state index contributed by atoms with van der Waals surface area (Å²) < 4.78 is 3.17. The quantitative estimate of drug-likeness (QED) is 0.874. The topological polar surface area (TPSA) is 38.0 Å². The number of nitrogens with zero attached hydrogens (tertiary/aromatic N) is 2. The molecule has 0 bridgehead atoms. The van der Waals surface area contributed by atoms with Crippen LogP contribution >= 0.6 is 15.9 Å². The van der Waals surface area contributed by atoms with Gasteiger partial charge in [0, 0.05) is 13.2 Å². The molecule has 0 aliphatic rings. The van der Waals surface area contributed by atoms with E-state index in [0.717, 1.165) is 36.0 Å². The number of aryl methyl sites for hydroxylation is 2. The molecule has 92 valence electrons. The Labute approximate surface area is 106 Å². The first kappa shape index (κ1) is 13.7. The Morgan fingerprint density at radius 3 is 2.50 bits per heavy atom. The van der Waals surface area contributed by atoms with E-state index < -0.39 is 0 Å². The van der Waals surface area contributed by atoms with E-state index in [1.165, 1.54) is 5.69 Å². The van der Waals surface area contributed by atoms with Crippen LogP contribution < -0.4 is 0 Å². The highest BCUT2D eigenvalue weighted by Gasteiger charge is 2.17. The largest absolute Gasteiger partial charge is 0.396 e. The second kappa shape index (κ2) is 6.40. The summed E-state index contributed by atoms with van der Waals surface area (Å²) in [5, 5.41) is 13.8. The van der Waals surface area contributed by atoms with Gasteiger partial charge in [-0.25, -0.2) is 0 Å². The Hall–Kier alpha value is -0.350. The first-order valence-corrected chi connectivity index (χ1v) is 6.81. The van der Waals surface area contributed by atoms with Gasteiger partial charge in [0.2, 0.25) is 0 Å². The van der Waals surface area contributed by atoms with Crippen LogP contribution in [0, 0.1) is 5.92 Å². The first-order valence-electron chi connectivity index (χ1n) is 6.02. The molecule has 1 N–H and O–H groups in total. The molecule has 1 unspecified atom stereocenters. The summed E-state index contributed by atoms with van der Waals surface area (Å²) >= 11 is 3.62. The molecule has 0 aliphatic carbocycles. The summed E-state index contributed by atoms with van der Waals surface area (Å²) in [6, 6.07) is 0. The predicted molar refractivity (Wildman–Crippen MR) is 69.5 cm³/mol. The minimum Gasteiger partial charge on any atom is -0.396 e. The summed E-state index contributed by atoms with van der Waals surface area (Å²) in [6.07, 6.45) is 2.84. The lowest BCUT2D eigenvalue weighted by Gasteiger charge is -2.12. The summed E-state index contributed by atoms with van der Waals surface area (Å²) in [6.45, 7) is 7.46. The zero-order chi connectivity index (χ0) is 12.1. The van der Waals surface area contributed by atoms with Gasteiger partial charge in [0.15, 0.2) is 0 Å². The average Bonchev–Trinajstić information content (AvgIpc) is 2.62. The number of aliphatic hydroxyl groups is 1. The summed E-state index contributed by atoms with van der Waals surface area (Å²) in [5.74, 6) is 0.336. The van der Waals surface area contributed by atoms with Gasteiger partial charge in [-0.05, 0) is 41.6 Å². The van der Waals surface area contributed by atoms with Crippen LogP contribution in [0.2, 0.25) is 0 Å². The van der Waals surface area contributed by atoms with E-state index >= 15 is 0 Å². The Morgan fingerprint density at radius 2 is 2.06 bits per heavy atom. The molecule has 4 heteroatoms. The van der Waals surface area contributed by atoms with Crippen LogP contribution in [0.1, 0.15) is 38.6 Å². The van der Waals surface area contributed by atoms with Crippen LogP contribution in [0.4, 0.5) is 0 Å². The van der Waals surface area contributed by atoms with Gasteiger partial charge in [0.1, 0.15) is 0 Å². The van der Waals surface area contributed by atoms with Crippen molar-refractivity contribution in [2.75, 3.05) is 6.61 Å². The van der Waals surface area contributed by atoms with E-state index in [1.807, 2.05) is 4.68 Å². The first-order chi connectivity index (χ1) is 7.67. The monoisotopic (exact) mass is 288 g/mol. The van der Waals surface area contributed by atoms with Crippen molar-refractivity contribution in [2.24, 2.45) is 5.92 Å². The SMILES string of the molecule is CCc1nn(CC)c(CC(CC)CO)c1Br. The number of hydrogen-bond donors (Lipinski definition) is 1. The molecule has 0 spiro atoms. The molecule has 0 aliphatic heterocycles. The summed E-state index contributed by atoms with van der Waals surface area (Å²) in [4.78, 5) is 0. The summed E-state index contributed by atoms with van der Waals surface area (Å²) in [5.41, 5.74) is 2.34. The lowest BCUT2D eigenvalue weighted by molar-refractivity contribution is 0.219. The Morgan fingerprint density at radius 1 is 1.38 bits per heavy atom. The Bertz CT molecular complexity index is 332. The molecule has 0 radical (unpaired) electrons. The van der Waals surface area contributed by atoms with Crippen molar-refractivity contribution in [1.82, 2.24) is 9.78 Å². The van der Waals surface area contributed by atoms with E-state index in [9.17, 15) is 5.11 Å². The van der Waals surface area contributed by atoms with Crippen molar-refractivity contribution >= 4 is 15.9 Å². The normalized spacial score (nSPS) is 13.1. The maximum Gasteiger partial charge on any atom is 0.0766 e. The lowest BCUT2D eigenvalue weighted by Crippen LogP contribution is -2.12. The van der Waals surface area contributed by atoms with Crippen molar-refractivity contribution in [2.45, 2.75) is 46.6 Å². The van der Waals surface area contributed by atoms with Gasteiger partial charge in [-0.15, -0.1) is 0 Å². The smallest absolute Gasteiger partial charge is 0.0766 e. The standard InChI is InChI=1S/C12H21BrN2O/c1-4-9(8-16)7-11-12(13)10(5-2)14-15(11)6-3/h9,16H,4-8H2,1-3H3. The zero-order valence-electron chi connectivity index (χ0n) is 10.3. The molecule has 1 aromatic rings. The van der Waals surface area contributed by atoms with E-state index in [2.05, 4.69) is 41.8 Å². The Kier molecular flexibility index (Phi) is 5.49. The molecule has 1 heterocycles. The van der Waals surface area contributed by atoms with Crippen LogP contribution in [0.15, 0.2) is 4.47 Å². The fourth-order valence-electron chi connectivity index (χ4n) is 1.82. The number of aromatic nitrogens is 2. The van der Waals surface area contributed by atoms with Gasteiger partial charge in [0.05, 0.1) is 15.9 Å². The number of hydrogen-bond acceptors (Lipinski definition) is 2. The number of halogens is 1. The second-order valence-electron chi connectivity index (χ2n) is 4.04. The van der Waals surface area contributed by atoms with Crippen LogP contribution in [-0.2, 0) is 19.4 Å². The lowest BCUT2D eigenvalue weighted by atomic mass is 10.0. The predicted octanol–water partition coefficient (Wildman–Crippen LogP) is 2.79. The van der Waals surface area contributed by atoms with Crippen molar-refractivity contribution in [1.29, 1.82) is 0 Å². The van der Waals surface area contributed by atoms with Crippen molar-refractivity contribution in [3.05, 3.63) is 15.9 Å². The van der Waals surface area contributed by atoms with Crippen molar-refractivity contribution in [3.63, 3.8) is 0 Å². The average molecular weight is 289 g/mol. The fourth-order valence-corrected chi connectivity index (χ4v) is 2.55. The fraction of sp³-hybridized carbons (Fsp3) is 0.750. The van der Waals surface area contributed by atoms with Crippen molar-refractivity contribution in [3.8, 4) is 0 Å². The van der Waals surface area contributed by atoms with Gasteiger partial charge in [0.25, 0.3) is 0 Å². The van der Waals surface area contributed by atoms with Crippen LogP contribution in [0.5, 0.6) is 0 Å². The molecule has 0 fully saturated rings. The van der Waals surface area contributed by atoms with Crippen LogP contribution in [-0.4, -0.2) is 21.5 Å². The van der Waals surface area contributed by atoms with Gasteiger partial charge in [-0.3, -0.25) is 4.68 Å². The maximum absolute atomic E-state index is 9.26. The minimum absolute atomic E-state index is 0.249. The number of rotatable bonds is 6. The molecule has 1 rings (SSSR count). The van der Waals surface area contributed by atoms with Crippen LogP contribution in [0.25, 0.3) is 0 Å². The second-order valence-corrected chi connectivity index (χ2v) is 4.83. The molecule has 16 heavy (non-hydrogen) atoms. The highest BCUT2D eigenvalue weighted by molar-refractivity contribution is 9.10. The molecule has 0 amide bonds. The van der Waals surface area contributed by atoms with Gasteiger partial charge in [-0.1, -0.05) is 20.3 Å². The highest BCUT2D eigenvalue weighted by atomic mass is 79.9. The molecule has 0 saturated heterocycles. The van der Waals surface area contributed by atoms with E-state index in [-0.39, 0.29) is 6.61 Å². The van der Waals surface area contributed by atoms with Gasteiger partial charge >= 0.3 is 0 Å². The van der Waals surface area contributed by atoms with Gasteiger partial charge < -0.3 is 5.11 Å². The van der Waals surface area contributed by atoms with E-state index in [0.29, 0.717) is 5.92 Å². The molecule has 0 aromatic carbocycles. The minimum atomic E-state index is 0.249. The zero-order valence-corrected chi connectivity index (χ0v) is 11.9. The van der Waals surface area contributed by atoms with E-state index in [4.69, 9.17) is 0 Å². The summed E-state index contributed by atoms with van der Waals surface area (Å²) in [7, 11) is 0. The molecule has 1 atom stereocenters. The van der Waals surface area contributed by atoms with E-state index in [1.54, 1.807) is 0 Å². The maximum atomic E-state index is 9.26. The van der Waals surface area contributed by atoms with Crippen molar-refractivity contribution < 1.29 is 5.11 Å². The molecular weight excluding hydrogens is 268 g/mol. The third kappa shape index (κ3) is 2.86. The molecule has 0 saturated carbocycles. The molecule has 1 aromatic heterocycles. The van der Waals surface area contributed by atoms with Crippen LogP contribution in [0.3, 0.4) is 0 Å². The molecule has 3 nitrogen and oxygen atoms in total. The number of aliphatic hydroxyl groups excluding tert-OH is 1. The van der Waals surface area contributed by atoms with Gasteiger partial charge in [-0.2, -0.15) is 5.10 Å².